The van der Waals surface area contributed by atoms with Gasteiger partial charge in [0, 0.05) is 17.1 Å². The van der Waals surface area contributed by atoms with Gasteiger partial charge in [-0.15, -0.1) is 0 Å². The van der Waals surface area contributed by atoms with Crippen LogP contribution < -0.4 is 5.32 Å². The van der Waals surface area contributed by atoms with Crippen LogP contribution in [0.4, 0.5) is 11.4 Å². The van der Waals surface area contributed by atoms with Crippen molar-refractivity contribution < 1.29 is 5.11 Å². The minimum Gasteiger partial charge on any atom is -0.508 e. The molecule has 3 heteroatoms. The van der Waals surface area contributed by atoms with Crippen LogP contribution in [0.5, 0.6) is 5.75 Å². The van der Waals surface area contributed by atoms with E-state index in [9.17, 15) is 5.11 Å². The predicted molar refractivity (Wildman–Crippen MR) is 73.1 cm³/mol. The third-order valence-electron chi connectivity index (χ3n) is 2.73. The number of fused-ring (bicyclic) bond motifs is 1. The van der Waals surface area contributed by atoms with Crippen molar-refractivity contribution >= 4 is 22.3 Å². The summed E-state index contributed by atoms with van der Waals surface area (Å²) in [5.74, 6) is 0.244. The lowest BCUT2D eigenvalue weighted by atomic mass is 10.2. The van der Waals surface area contributed by atoms with Crippen molar-refractivity contribution in [3.63, 3.8) is 0 Å². The van der Waals surface area contributed by atoms with Crippen LogP contribution in [-0.2, 0) is 0 Å². The molecule has 0 aliphatic carbocycles. The van der Waals surface area contributed by atoms with Gasteiger partial charge in [0.2, 0.25) is 0 Å². The van der Waals surface area contributed by atoms with Crippen LogP contribution in [0, 0.1) is 0 Å². The lowest BCUT2D eigenvalue weighted by molar-refractivity contribution is 0.475. The first kappa shape index (κ1) is 10.6. The zero-order valence-electron chi connectivity index (χ0n) is 9.67. The first-order valence-electron chi connectivity index (χ1n) is 5.72. The Hall–Kier alpha value is -2.55. The highest BCUT2D eigenvalue weighted by Crippen LogP contribution is 2.22. The maximum atomic E-state index is 9.41. The van der Waals surface area contributed by atoms with E-state index in [0.717, 1.165) is 22.3 Å². The quantitative estimate of drug-likeness (QED) is 0.713. The highest BCUT2D eigenvalue weighted by atomic mass is 16.3. The van der Waals surface area contributed by atoms with E-state index in [1.807, 2.05) is 36.4 Å². The topological polar surface area (TPSA) is 45.1 Å². The van der Waals surface area contributed by atoms with Gasteiger partial charge in [-0.25, -0.2) is 0 Å². The Morgan fingerprint density at radius 1 is 0.889 bits per heavy atom. The standard InChI is InChI=1S/C15H12N2O/c18-14-6-3-5-12(9-14)17-13-8-11-4-1-2-7-15(11)16-10-13/h1-10,17-18H. The highest BCUT2D eigenvalue weighted by Gasteiger charge is 1.98. The Morgan fingerprint density at radius 3 is 2.67 bits per heavy atom. The fourth-order valence-corrected chi connectivity index (χ4v) is 1.89. The van der Waals surface area contributed by atoms with Crippen LogP contribution in [0.15, 0.2) is 60.8 Å². The molecular formula is C15H12N2O. The van der Waals surface area contributed by atoms with Gasteiger partial charge < -0.3 is 10.4 Å². The van der Waals surface area contributed by atoms with Crippen LogP contribution in [0.1, 0.15) is 0 Å². The van der Waals surface area contributed by atoms with Crippen molar-refractivity contribution in [2.24, 2.45) is 0 Å². The van der Waals surface area contributed by atoms with Gasteiger partial charge in [-0.3, -0.25) is 4.98 Å². The summed E-state index contributed by atoms with van der Waals surface area (Å²) >= 11 is 0. The molecule has 0 saturated carbocycles. The minimum absolute atomic E-state index is 0.244. The molecule has 0 aliphatic heterocycles. The lowest BCUT2D eigenvalue weighted by Crippen LogP contribution is -1.91. The Kier molecular flexibility index (Phi) is 2.57. The number of pyridine rings is 1. The molecule has 1 aromatic heterocycles. The van der Waals surface area contributed by atoms with Crippen LogP contribution in [-0.4, -0.2) is 10.1 Å². The summed E-state index contributed by atoms with van der Waals surface area (Å²) in [4.78, 5) is 4.37. The van der Waals surface area contributed by atoms with E-state index in [1.165, 1.54) is 0 Å². The molecule has 88 valence electrons. The first-order chi connectivity index (χ1) is 8.81. The summed E-state index contributed by atoms with van der Waals surface area (Å²) in [6.07, 6.45) is 1.78. The number of anilines is 2. The average molecular weight is 236 g/mol. The van der Waals surface area contributed by atoms with Crippen molar-refractivity contribution in [1.82, 2.24) is 4.98 Å². The number of aromatic nitrogens is 1. The third kappa shape index (κ3) is 2.11. The molecule has 0 aliphatic rings. The molecule has 0 fully saturated rings. The molecule has 0 atom stereocenters. The van der Waals surface area contributed by atoms with Gasteiger partial charge in [-0.1, -0.05) is 24.3 Å². The van der Waals surface area contributed by atoms with E-state index in [2.05, 4.69) is 10.3 Å². The van der Waals surface area contributed by atoms with Crippen LogP contribution in [0.3, 0.4) is 0 Å². The molecule has 2 aromatic carbocycles. The van der Waals surface area contributed by atoms with Crippen molar-refractivity contribution in [1.29, 1.82) is 0 Å². The van der Waals surface area contributed by atoms with Crippen LogP contribution >= 0.6 is 0 Å². The second-order valence-corrected chi connectivity index (χ2v) is 4.09. The van der Waals surface area contributed by atoms with Crippen molar-refractivity contribution in [3.05, 3.63) is 60.8 Å². The number of rotatable bonds is 2. The molecule has 0 radical (unpaired) electrons. The fraction of sp³-hybridized carbons (Fsp3) is 0. The van der Waals surface area contributed by atoms with Gasteiger partial charge in [0.15, 0.2) is 0 Å². The van der Waals surface area contributed by atoms with Gasteiger partial charge >= 0.3 is 0 Å². The van der Waals surface area contributed by atoms with E-state index in [1.54, 1.807) is 24.4 Å². The largest absolute Gasteiger partial charge is 0.508 e. The molecule has 3 nitrogen and oxygen atoms in total. The van der Waals surface area contributed by atoms with Gasteiger partial charge in [-0.05, 0) is 24.3 Å². The summed E-state index contributed by atoms with van der Waals surface area (Å²) in [6, 6.07) is 17.0. The smallest absolute Gasteiger partial charge is 0.117 e. The Labute approximate surface area is 105 Å². The highest BCUT2D eigenvalue weighted by molar-refractivity contribution is 5.82. The van der Waals surface area contributed by atoms with E-state index in [0.29, 0.717) is 0 Å². The molecule has 0 unspecified atom stereocenters. The summed E-state index contributed by atoms with van der Waals surface area (Å²) in [6.45, 7) is 0. The number of hydrogen-bond acceptors (Lipinski definition) is 3. The minimum atomic E-state index is 0.244. The molecule has 0 spiro atoms. The SMILES string of the molecule is Oc1cccc(Nc2cnc3ccccc3c2)c1. The summed E-state index contributed by atoms with van der Waals surface area (Å²) in [5.41, 5.74) is 2.71. The fourth-order valence-electron chi connectivity index (χ4n) is 1.89. The van der Waals surface area contributed by atoms with Gasteiger partial charge in [0.05, 0.1) is 17.4 Å². The number of nitrogens with one attached hydrogen (secondary N) is 1. The number of para-hydroxylation sites is 1. The summed E-state index contributed by atoms with van der Waals surface area (Å²) < 4.78 is 0. The van der Waals surface area contributed by atoms with E-state index in [-0.39, 0.29) is 5.75 Å². The monoisotopic (exact) mass is 236 g/mol. The normalized spacial score (nSPS) is 10.4. The molecule has 0 saturated heterocycles. The van der Waals surface area contributed by atoms with E-state index in [4.69, 9.17) is 0 Å². The van der Waals surface area contributed by atoms with Crippen molar-refractivity contribution in [2.75, 3.05) is 5.32 Å². The summed E-state index contributed by atoms with van der Waals surface area (Å²) in [5, 5.41) is 13.7. The van der Waals surface area contributed by atoms with Crippen molar-refractivity contribution in [2.45, 2.75) is 0 Å². The Bertz CT molecular complexity index is 695. The molecule has 1 heterocycles. The molecule has 18 heavy (non-hydrogen) atoms. The molecule has 0 bridgehead atoms. The van der Waals surface area contributed by atoms with Crippen molar-refractivity contribution in [3.8, 4) is 5.75 Å². The lowest BCUT2D eigenvalue weighted by Gasteiger charge is -2.07. The number of nitrogens with zero attached hydrogens (tertiary/aromatic N) is 1. The van der Waals surface area contributed by atoms with Gasteiger partial charge in [-0.2, -0.15) is 0 Å². The second kappa shape index (κ2) is 4.37. The summed E-state index contributed by atoms with van der Waals surface area (Å²) in [7, 11) is 0. The molecular weight excluding hydrogens is 224 g/mol. The van der Waals surface area contributed by atoms with Gasteiger partial charge in [0.1, 0.15) is 5.75 Å². The maximum absolute atomic E-state index is 9.41. The number of benzene rings is 2. The van der Waals surface area contributed by atoms with Crippen LogP contribution in [0.25, 0.3) is 10.9 Å². The number of phenols is 1. The number of aromatic hydroxyl groups is 1. The molecule has 2 N–H and O–H groups in total. The third-order valence-corrected chi connectivity index (χ3v) is 2.73. The van der Waals surface area contributed by atoms with Gasteiger partial charge in [0.25, 0.3) is 0 Å². The Morgan fingerprint density at radius 2 is 1.78 bits per heavy atom. The second-order valence-electron chi connectivity index (χ2n) is 4.09. The first-order valence-corrected chi connectivity index (χ1v) is 5.72. The van der Waals surface area contributed by atoms with E-state index >= 15 is 0 Å². The van der Waals surface area contributed by atoms with Crippen LogP contribution in [0.2, 0.25) is 0 Å². The number of hydrogen-bond donors (Lipinski definition) is 2. The Balaban J connectivity index is 1.95. The average Bonchev–Trinajstić information content (AvgIpc) is 2.39. The zero-order chi connectivity index (χ0) is 12.4. The zero-order valence-corrected chi connectivity index (χ0v) is 9.67. The van der Waals surface area contributed by atoms with E-state index < -0.39 is 0 Å². The maximum Gasteiger partial charge on any atom is 0.117 e. The molecule has 0 amide bonds. The predicted octanol–water partition coefficient (Wildman–Crippen LogP) is 3.68. The molecule has 3 rings (SSSR count). The molecule has 3 aromatic rings. The number of phenolic OH excluding ortho intramolecular Hbond substituents is 1.